The third-order valence-corrected chi connectivity index (χ3v) is 10.6. The average Bonchev–Trinajstić information content (AvgIpc) is 3.23. The second-order valence-electron chi connectivity index (χ2n) is 15.4. The van der Waals surface area contributed by atoms with Gasteiger partial charge in [0.15, 0.2) is 0 Å². The minimum atomic E-state index is -4.53. The van der Waals surface area contributed by atoms with Crippen LogP contribution >= 0.6 is 7.82 Å². The van der Waals surface area contributed by atoms with Gasteiger partial charge in [-0.15, -0.1) is 0 Å². The number of aliphatic hydroxyl groups excluding tert-OH is 2. The highest BCUT2D eigenvalue weighted by Crippen LogP contribution is 2.43. The molecule has 10 heteroatoms. The molecule has 59 heavy (non-hydrogen) atoms. The molecule has 342 valence electrons. The second-order valence-corrected chi connectivity index (χ2v) is 16.9. The summed E-state index contributed by atoms with van der Waals surface area (Å²) in [6, 6.07) is 0. The first kappa shape index (κ1) is 56.9. The number of phosphoric acid groups is 1. The van der Waals surface area contributed by atoms with Gasteiger partial charge in [-0.05, 0) is 64.2 Å². The summed E-state index contributed by atoms with van der Waals surface area (Å²) in [7, 11) is -4.53. The molecule has 0 fully saturated rings. The number of allylic oxidation sites excluding steroid dienone is 12. The van der Waals surface area contributed by atoms with Gasteiger partial charge in [0, 0.05) is 13.0 Å². The first-order valence-electron chi connectivity index (χ1n) is 23.4. The first-order valence-corrected chi connectivity index (χ1v) is 24.9. The molecule has 0 heterocycles. The van der Waals surface area contributed by atoms with E-state index in [4.69, 9.17) is 23.6 Å². The summed E-state index contributed by atoms with van der Waals surface area (Å²) in [6.45, 7) is 3.36. The highest BCUT2D eigenvalue weighted by atomic mass is 31.2. The molecule has 0 saturated heterocycles. The van der Waals surface area contributed by atoms with Gasteiger partial charge in [0.05, 0.1) is 26.4 Å². The summed E-state index contributed by atoms with van der Waals surface area (Å²) in [5, 5.41) is 18.4. The number of hydrogen-bond acceptors (Lipinski definition) is 8. The standard InChI is InChI=1S/C49H87O9P/c1-3-5-7-9-11-13-15-17-19-21-22-23-24-25-27-29-31-33-35-37-39-41-49(52)58-48(46-57-59(53,54)56-44-47(51)43-50)45-55-42-40-38-36-34-32-30-28-26-20-18-16-14-12-10-8-6-4-2/h5,7,11,13,17,19,22-23,25,27,31,33,47-48,50-51H,3-4,6,8-10,12,14-16,18,20-21,24,26,28-30,32,34-46H2,1-2H3,(H,53,54)/b7-5-,13-11-,19-17-,23-22-,27-25-,33-31-. The zero-order chi connectivity index (χ0) is 43.2. The van der Waals surface area contributed by atoms with Crippen molar-refractivity contribution in [2.75, 3.05) is 33.0 Å². The number of unbranched alkanes of at least 4 members (excludes halogenated alkanes) is 18. The zero-order valence-corrected chi connectivity index (χ0v) is 38.3. The van der Waals surface area contributed by atoms with Crippen molar-refractivity contribution >= 4 is 13.8 Å². The summed E-state index contributed by atoms with van der Waals surface area (Å²) < 4.78 is 33.4. The Kier molecular flexibility index (Phi) is 43.8. The molecule has 3 atom stereocenters. The van der Waals surface area contributed by atoms with Crippen molar-refractivity contribution in [3.8, 4) is 0 Å². The van der Waals surface area contributed by atoms with E-state index in [1.54, 1.807) is 0 Å². The average molecular weight is 851 g/mol. The number of rotatable bonds is 44. The van der Waals surface area contributed by atoms with E-state index < -0.39 is 45.8 Å². The van der Waals surface area contributed by atoms with Gasteiger partial charge in [-0.25, -0.2) is 4.57 Å². The molecule has 0 aromatic heterocycles. The van der Waals surface area contributed by atoms with Crippen LogP contribution in [0, 0.1) is 0 Å². The van der Waals surface area contributed by atoms with E-state index in [0.29, 0.717) is 13.0 Å². The Hall–Kier alpha value is -2.10. The lowest BCUT2D eigenvalue weighted by Crippen LogP contribution is -2.29. The highest BCUT2D eigenvalue weighted by molar-refractivity contribution is 7.47. The Morgan fingerprint density at radius 3 is 1.42 bits per heavy atom. The van der Waals surface area contributed by atoms with Crippen molar-refractivity contribution in [1.82, 2.24) is 0 Å². The number of carbonyl (C=O) groups excluding carboxylic acids is 1. The van der Waals surface area contributed by atoms with E-state index in [2.05, 4.69) is 86.8 Å². The van der Waals surface area contributed by atoms with Crippen LogP contribution in [0.15, 0.2) is 72.9 Å². The Labute approximate surface area is 361 Å². The predicted molar refractivity (Wildman–Crippen MR) is 246 cm³/mol. The Bertz CT molecular complexity index is 1150. The molecule has 9 nitrogen and oxygen atoms in total. The van der Waals surface area contributed by atoms with Crippen molar-refractivity contribution in [1.29, 1.82) is 0 Å². The largest absolute Gasteiger partial charge is 0.472 e. The smallest absolute Gasteiger partial charge is 0.457 e. The van der Waals surface area contributed by atoms with E-state index in [1.807, 2.05) is 0 Å². The van der Waals surface area contributed by atoms with Crippen LogP contribution in [0.5, 0.6) is 0 Å². The monoisotopic (exact) mass is 851 g/mol. The fraction of sp³-hybridized carbons (Fsp3) is 0.735. The van der Waals surface area contributed by atoms with E-state index in [0.717, 1.165) is 70.6 Å². The maximum Gasteiger partial charge on any atom is 0.472 e. The molecule has 0 aliphatic carbocycles. The summed E-state index contributed by atoms with van der Waals surface area (Å²) in [5.41, 5.74) is 0. The minimum absolute atomic E-state index is 0.0302. The fourth-order valence-corrected chi connectivity index (χ4v) is 6.91. The summed E-state index contributed by atoms with van der Waals surface area (Å²) >= 11 is 0. The molecule has 0 aromatic carbocycles. The lowest BCUT2D eigenvalue weighted by Gasteiger charge is -2.20. The molecule has 0 aliphatic heterocycles. The number of ether oxygens (including phenoxy) is 2. The topological polar surface area (TPSA) is 132 Å². The van der Waals surface area contributed by atoms with Gasteiger partial charge >= 0.3 is 13.8 Å². The Balaban J connectivity index is 4.23. The molecule has 0 rings (SSSR count). The Morgan fingerprint density at radius 2 is 0.966 bits per heavy atom. The predicted octanol–water partition coefficient (Wildman–Crippen LogP) is 13.3. The number of esters is 1. The highest BCUT2D eigenvalue weighted by Gasteiger charge is 2.26. The molecule has 0 aliphatic rings. The van der Waals surface area contributed by atoms with Gasteiger partial charge in [0.2, 0.25) is 0 Å². The molecular formula is C49H87O9P. The van der Waals surface area contributed by atoms with Crippen molar-refractivity contribution in [3.63, 3.8) is 0 Å². The molecule has 0 aromatic rings. The van der Waals surface area contributed by atoms with Crippen molar-refractivity contribution < 1.29 is 43.0 Å². The van der Waals surface area contributed by atoms with Crippen LogP contribution in [-0.2, 0) is 27.9 Å². The third kappa shape index (κ3) is 45.3. The van der Waals surface area contributed by atoms with Crippen LogP contribution in [0.2, 0.25) is 0 Å². The van der Waals surface area contributed by atoms with E-state index in [9.17, 15) is 19.4 Å². The summed E-state index contributed by atoms with van der Waals surface area (Å²) in [4.78, 5) is 22.6. The van der Waals surface area contributed by atoms with Gasteiger partial charge < -0.3 is 24.6 Å². The molecule has 0 spiro atoms. The number of aliphatic hydroxyl groups is 2. The van der Waals surface area contributed by atoms with Gasteiger partial charge in [-0.1, -0.05) is 189 Å². The first-order chi connectivity index (χ1) is 28.8. The molecule has 0 saturated carbocycles. The van der Waals surface area contributed by atoms with Crippen LogP contribution in [0.4, 0.5) is 0 Å². The van der Waals surface area contributed by atoms with Gasteiger partial charge in [0.1, 0.15) is 12.2 Å². The number of carbonyl (C=O) groups is 1. The fourth-order valence-electron chi connectivity index (χ4n) is 6.12. The van der Waals surface area contributed by atoms with Crippen LogP contribution in [0.3, 0.4) is 0 Å². The van der Waals surface area contributed by atoms with E-state index >= 15 is 0 Å². The van der Waals surface area contributed by atoms with Crippen LogP contribution < -0.4 is 0 Å². The molecule has 0 amide bonds. The van der Waals surface area contributed by atoms with Crippen molar-refractivity contribution in [3.05, 3.63) is 72.9 Å². The number of phosphoric ester groups is 1. The quantitative estimate of drug-likeness (QED) is 0.0237. The summed E-state index contributed by atoms with van der Waals surface area (Å²) in [6.07, 6.45) is 54.3. The van der Waals surface area contributed by atoms with E-state index in [1.165, 1.54) is 89.9 Å². The van der Waals surface area contributed by atoms with Crippen molar-refractivity contribution in [2.24, 2.45) is 0 Å². The van der Waals surface area contributed by atoms with Gasteiger partial charge in [-0.2, -0.15) is 0 Å². The summed E-state index contributed by atoms with van der Waals surface area (Å²) in [5.74, 6) is -0.424. The lowest BCUT2D eigenvalue weighted by atomic mass is 10.0. The molecule has 0 radical (unpaired) electrons. The van der Waals surface area contributed by atoms with Crippen LogP contribution in [-0.4, -0.2) is 66.3 Å². The zero-order valence-electron chi connectivity index (χ0n) is 37.4. The van der Waals surface area contributed by atoms with Crippen molar-refractivity contribution in [2.45, 2.75) is 199 Å². The minimum Gasteiger partial charge on any atom is -0.457 e. The molecule has 0 bridgehead atoms. The van der Waals surface area contributed by atoms with E-state index in [-0.39, 0.29) is 13.0 Å². The Morgan fingerprint density at radius 1 is 0.542 bits per heavy atom. The van der Waals surface area contributed by atoms with Crippen LogP contribution in [0.25, 0.3) is 0 Å². The second kappa shape index (κ2) is 45.4. The SMILES string of the molecule is CC/C=C\C/C=C\C/C=C\C/C=C\C/C=C\C/C=C\CCCCC(=O)OC(COCCCCCCCCCCCCCCCCCCC)COP(=O)(O)OCC(O)CO. The normalized spacial score (nSPS) is 14.6. The molecular weight excluding hydrogens is 764 g/mol. The molecule has 3 unspecified atom stereocenters. The van der Waals surface area contributed by atoms with Gasteiger partial charge in [-0.3, -0.25) is 13.8 Å². The number of hydrogen-bond donors (Lipinski definition) is 3. The molecule has 3 N–H and O–H groups in total. The maximum atomic E-state index is 12.6. The lowest BCUT2D eigenvalue weighted by molar-refractivity contribution is -0.154. The van der Waals surface area contributed by atoms with Gasteiger partial charge in [0.25, 0.3) is 0 Å². The third-order valence-electron chi connectivity index (χ3n) is 9.66. The van der Waals surface area contributed by atoms with Crippen LogP contribution in [0.1, 0.15) is 187 Å². The maximum absolute atomic E-state index is 12.6.